The summed E-state index contributed by atoms with van der Waals surface area (Å²) in [6, 6.07) is -0.243. The zero-order chi connectivity index (χ0) is 14.3. The quantitative estimate of drug-likeness (QED) is 0.764. The van der Waals surface area contributed by atoms with E-state index in [-0.39, 0.29) is 18.6 Å². The van der Waals surface area contributed by atoms with Gasteiger partial charge in [-0.1, -0.05) is 6.92 Å². The summed E-state index contributed by atoms with van der Waals surface area (Å²) in [6.45, 7) is 5.57. The van der Waals surface area contributed by atoms with E-state index in [1.807, 2.05) is 13.8 Å². The summed E-state index contributed by atoms with van der Waals surface area (Å²) in [5, 5.41) is 11.7. The summed E-state index contributed by atoms with van der Waals surface area (Å²) in [6.07, 6.45) is 2.62. The van der Waals surface area contributed by atoms with Crippen molar-refractivity contribution in [3.05, 3.63) is 0 Å². The Bertz CT molecular complexity index is 303. The molecule has 1 aliphatic heterocycles. The lowest BCUT2D eigenvalue weighted by atomic mass is 9.93. The maximum absolute atomic E-state index is 12.0. The Morgan fingerprint density at radius 3 is 2.58 bits per heavy atom. The first-order valence-electron chi connectivity index (χ1n) is 6.89. The zero-order valence-corrected chi connectivity index (χ0v) is 11.7. The van der Waals surface area contributed by atoms with E-state index < -0.39 is 5.97 Å². The van der Waals surface area contributed by atoms with Gasteiger partial charge in [-0.25, -0.2) is 4.79 Å². The van der Waals surface area contributed by atoms with Crippen LogP contribution >= 0.6 is 0 Å². The number of amides is 2. The van der Waals surface area contributed by atoms with E-state index in [4.69, 9.17) is 9.84 Å². The number of carboxylic acid groups (broad SMARTS) is 1. The summed E-state index contributed by atoms with van der Waals surface area (Å²) in [7, 11) is 0. The van der Waals surface area contributed by atoms with Gasteiger partial charge in [-0.3, -0.25) is 4.79 Å². The number of aliphatic carboxylic acids is 1. The van der Waals surface area contributed by atoms with Gasteiger partial charge >= 0.3 is 12.0 Å². The van der Waals surface area contributed by atoms with Crippen LogP contribution in [0.3, 0.4) is 0 Å². The molecule has 1 rings (SSSR count). The van der Waals surface area contributed by atoms with Gasteiger partial charge in [0.15, 0.2) is 0 Å². The van der Waals surface area contributed by atoms with Crippen molar-refractivity contribution in [1.82, 2.24) is 10.2 Å². The standard InChI is InChI=1S/C13H24N2O4/c1-3-6-15(9-12(16)17)13(18)14-10(2)11-4-7-19-8-5-11/h10-11H,3-9H2,1-2H3,(H,14,18)(H,16,17). The summed E-state index contributed by atoms with van der Waals surface area (Å²) < 4.78 is 5.29. The normalized spacial score (nSPS) is 17.8. The van der Waals surface area contributed by atoms with Crippen LogP contribution in [0, 0.1) is 5.92 Å². The lowest BCUT2D eigenvalue weighted by Crippen LogP contribution is -2.48. The van der Waals surface area contributed by atoms with Gasteiger partial charge in [0.2, 0.25) is 0 Å². The molecule has 0 saturated carbocycles. The lowest BCUT2D eigenvalue weighted by molar-refractivity contribution is -0.137. The number of nitrogens with zero attached hydrogens (tertiary/aromatic N) is 1. The molecule has 6 heteroatoms. The van der Waals surface area contributed by atoms with E-state index in [1.165, 1.54) is 4.90 Å². The summed E-state index contributed by atoms with van der Waals surface area (Å²) >= 11 is 0. The van der Waals surface area contributed by atoms with Gasteiger partial charge < -0.3 is 20.1 Å². The molecule has 1 atom stereocenters. The largest absolute Gasteiger partial charge is 0.480 e. The van der Waals surface area contributed by atoms with Crippen LogP contribution in [0.25, 0.3) is 0 Å². The van der Waals surface area contributed by atoms with Crippen molar-refractivity contribution in [1.29, 1.82) is 0 Å². The molecule has 1 saturated heterocycles. The monoisotopic (exact) mass is 272 g/mol. The van der Waals surface area contributed by atoms with E-state index in [9.17, 15) is 9.59 Å². The fourth-order valence-corrected chi connectivity index (χ4v) is 2.31. The van der Waals surface area contributed by atoms with Crippen molar-refractivity contribution in [2.75, 3.05) is 26.3 Å². The molecule has 0 aromatic rings. The van der Waals surface area contributed by atoms with Crippen LogP contribution in [0.4, 0.5) is 4.79 Å². The van der Waals surface area contributed by atoms with E-state index >= 15 is 0 Å². The van der Waals surface area contributed by atoms with E-state index in [0.717, 1.165) is 32.5 Å². The Hall–Kier alpha value is -1.30. The van der Waals surface area contributed by atoms with Crippen molar-refractivity contribution >= 4 is 12.0 Å². The first-order valence-corrected chi connectivity index (χ1v) is 6.89. The maximum Gasteiger partial charge on any atom is 0.323 e. The van der Waals surface area contributed by atoms with Crippen molar-refractivity contribution in [3.8, 4) is 0 Å². The molecule has 110 valence electrons. The number of ether oxygens (including phenoxy) is 1. The van der Waals surface area contributed by atoms with Gasteiger partial charge in [0.25, 0.3) is 0 Å². The average molecular weight is 272 g/mol. The Morgan fingerprint density at radius 2 is 2.05 bits per heavy atom. The van der Waals surface area contributed by atoms with Gasteiger partial charge in [-0.2, -0.15) is 0 Å². The number of nitrogens with one attached hydrogen (secondary N) is 1. The van der Waals surface area contributed by atoms with Crippen molar-refractivity contribution in [3.63, 3.8) is 0 Å². The zero-order valence-electron chi connectivity index (χ0n) is 11.7. The second-order valence-electron chi connectivity index (χ2n) is 5.00. The Labute approximate surface area is 114 Å². The Morgan fingerprint density at radius 1 is 1.42 bits per heavy atom. The minimum atomic E-state index is -0.984. The fourth-order valence-electron chi connectivity index (χ4n) is 2.31. The molecule has 0 aromatic carbocycles. The predicted molar refractivity (Wildman–Crippen MR) is 71.0 cm³/mol. The highest BCUT2D eigenvalue weighted by Gasteiger charge is 2.24. The summed E-state index contributed by atoms with van der Waals surface area (Å²) in [5.74, 6) is -0.576. The third-order valence-corrected chi connectivity index (χ3v) is 3.43. The van der Waals surface area contributed by atoms with Gasteiger partial charge in [-0.05, 0) is 32.1 Å². The van der Waals surface area contributed by atoms with Gasteiger partial charge in [0, 0.05) is 25.8 Å². The number of carbonyl (C=O) groups is 2. The van der Waals surface area contributed by atoms with E-state index in [0.29, 0.717) is 12.5 Å². The molecule has 6 nitrogen and oxygen atoms in total. The van der Waals surface area contributed by atoms with Crippen LogP contribution in [-0.2, 0) is 9.53 Å². The number of hydrogen-bond acceptors (Lipinski definition) is 3. The average Bonchev–Trinajstić information content (AvgIpc) is 2.38. The maximum atomic E-state index is 12.0. The van der Waals surface area contributed by atoms with E-state index in [1.54, 1.807) is 0 Å². The molecule has 0 spiro atoms. The first-order chi connectivity index (χ1) is 9.04. The van der Waals surface area contributed by atoms with Crippen LogP contribution in [0.5, 0.6) is 0 Å². The smallest absolute Gasteiger partial charge is 0.323 e. The second kappa shape index (κ2) is 7.99. The minimum absolute atomic E-state index is 0.0459. The SMILES string of the molecule is CCCN(CC(=O)O)C(=O)NC(C)C1CCOCC1. The number of rotatable bonds is 6. The van der Waals surface area contributed by atoms with Crippen LogP contribution < -0.4 is 5.32 Å². The fraction of sp³-hybridized carbons (Fsp3) is 0.846. The Kier molecular flexibility index (Phi) is 6.62. The molecule has 1 aliphatic rings. The molecule has 0 aliphatic carbocycles. The number of urea groups is 1. The summed E-state index contributed by atoms with van der Waals surface area (Å²) in [4.78, 5) is 24.1. The van der Waals surface area contributed by atoms with Gasteiger partial charge in [0.05, 0.1) is 0 Å². The highest BCUT2D eigenvalue weighted by molar-refractivity contribution is 5.80. The molecule has 2 N–H and O–H groups in total. The lowest BCUT2D eigenvalue weighted by Gasteiger charge is -2.30. The molecule has 1 heterocycles. The highest BCUT2D eigenvalue weighted by atomic mass is 16.5. The number of hydrogen-bond donors (Lipinski definition) is 2. The Balaban J connectivity index is 2.47. The van der Waals surface area contributed by atoms with Crippen LogP contribution in [0.1, 0.15) is 33.1 Å². The minimum Gasteiger partial charge on any atom is -0.480 e. The topological polar surface area (TPSA) is 78.9 Å². The van der Waals surface area contributed by atoms with Gasteiger partial charge in [-0.15, -0.1) is 0 Å². The van der Waals surface area contributed by atoms with Crippen LogP contribution in [0.15, 0.2) is 0 Å². The predicted octanol–water partition coefficient (Wildman–Crippen LogP) is 1.31. The van der Waals surface area contributed by atoms with Crippen molar-refractivity contribution < 1.29 is 19.4 Å². The molecular formula is C13H24N2O4. The molecule has 2 amide bonds. The molecule has 0 bridgehead atoms. The second-order valence-corrected chi connectivity index (χ2v) is 5.00. The first kappa shape index (κ1) is 15.8. The third kappa shape index (κ3) is 5.46. The highest BCUT2D eigenvalue weighted by Crippen LogP contribution is 2.18. The van der Waals surface area contributed by atoms with Crippen LogP contribution in [-0.4, -0.2) is 54.4 Å². The molecule has 19 heavy (non-hydrogen) atoms. The molecule has 1 fully saturated rings. The van der Waals surface area contributed by atoms with Crippen molar-refractivity contribution in [2.45, 2.75) is 39.2 Å². The van der Waals surface area contributed by atoms with Gasteiger partial charge in [0.1, 0.15) is 6.54 Å². The molecule has 1 unspecified atom stereocenters. The molecule has 0 aromatic heterocycles. The molecular weight excluding hydrogens is 248 g/mol. The van der Waals surface area contributed by atoms with Crippen molar-refractivity contribution in [2.24, 2.45) is 5.92 Å². The van der Waals surface area contributed by atoms with Crippen LogP contribution in [0.2, 0.25) is 0 Å². The number of carboxylic acids is 1. The molecule has 0 radical (unpaired) electrons. The summed E-state index contributed by atoms with van der Waals surface area (Å²) in [5.41, 5.74) is 0. The third-order valence-electron chi connectivity index (χ3n) is 3.43. The van der Waals surface area contributed by atoms with E-state index in [2.05, 4.69) is 5.32 Å². The number of carbonyl (C=O) groups excluding carboxylic acids is 1.